The van der Waals surface area contributed by atoms with Gasteiger partial charge in [0.25, 0.3) is 5.91 Å². The van der Waals surface area contributed by atoms with Gasteiger partial charge in [-0.15, -0.1) is 0 Å². The van der Waals surface area contributed by atoms with Gasteiger partial charge in [0.05, 0.1) is 0 Å². The smallest absolute Gasteiger partial charge is 0.251 e. The van der Waals surface area contributed by atoms with E-state index in [1.165, 1.54) is 0 Å². The third-order valence-corrected chi connectivity index (χ3v) is 4.37. The van der Waals surface area contributed by atoms with E-state index in [0.29, 0.717) is 18.0 Å². The second-order valence-electron chi connectivity index (χ2n) is 8.18. The van der Waals surface area contributed by atoms with E-state index < -0.39 is 0 Å². The average Bonchev–Trinajstić information content (AvgIpc) is 2.58. The standard InChI is InChI=1S/C20H31N3O2/c1-15(2)14-21-18(24)16-6-8-17(9-7-16)22-10-12-23(13-11-22)19(25)20(3,4)5/h6-9,15H,10-14H2,1-5H3,(H,21,24). The number of benzene rings is 1. The first-order chi connectivity index (χ1) is 11.7. The zero-order valence-corrected chi connectivity index (χ0v) is 16.1. The molecule has 2 amide bonds. The van der Waals surface area contributed by atoms with Crippen molar-refractivity contribution in [2.45, 2.75) is 34.6 Å². The van der Waals surface area contributed by atoms with Crippen molar-refractivity contribution in [1.82, 2.24) is 10.2 Å². The van der Waals surface area contributed by atoms with Crippen LogP contribution in [-0.2, 0) is 4.79 Å². The molecule has 0 saturated carbocycles. The van der Waals surface area contributed by atoms with E-state index in [4.69, 9.17) is 0 Å². The predicted molar refractivity (Wildman–Crippen MR) is 102 cm³/mol. The zero-order valence-electron chi connectivity index (χ0n) is 16.1. The van der Waals surface area contributed by atoms with Crippen LogP contribution in [0.25, 0.3) is 0 Å². The molecule has 25 heavy (non-hydrogen) atoms. The molecule has 0 atom stereocenters. The minimum absolute atomic E-state index is 0.0270. The molecule has 2 rings (SSSR count). The first kappa shape index (κ1) is 19.3. The minimum atomic E-state index is -0.326. The Bertz CT molecular complexity index is 594. The van der Waals surface area contributed by atoms with Crippen molar-refractivity contribution >= 4 is 17.5 Å². The summed E-state index contributed by atoms with van der Waals surface area (Å²) in [7, 11) is 0. The molecule has 0 bridgehead atoms. The van der Waals surface area contributed by atoms with E-state index in [2.05, 4.69) is 24.1 Å². The van der Waals surface area contributed by atoms with E-state index in [0.717, 1.165) is 31.9 Å². The fourth-order valence-corrected chi connectivity index (χ4v) is 2.86. The molecule has 5 heteroatoms. The molecule has 1 saturated heterocycles. The van der Waals surface area contributed by atoms with E-state index in [1.54, 1.807) is 0 Å². The highest BCUT2D eigenvalue weighted by atomic mass is 16.2. The highest BCUT2D eigenvalue weighted by molar-refractivity contribution is 5.94. The molecule has 138 valence electrons. The Morgan fingerprint density at radius 1 is 1.04 bits per heavy atom. The lowest BCUT2D eigenvalue weighted by Crippen LogP contribution is -2.51. The zero-order chi connectivity index (χ0) is 18.6. The second kappa shape index (κ2) is 7.89. The summed E-state index contributed by atoms with van der Waals surface area (Å²) in [5, 5.41) is 2.93. The molecule has 0 spiro atoms. The third kappa shape index (κ3) is 5.21. The van der Waals surface area contributed by atoms with Gasteiger partial charge in [-0.2, -0.15) is 0 Å². The van der Waals surface area contributed by atoms with E-state index in [1.807, 2.05) is 49.9 Å². The summed E-state index contributed by atoms with van der Waals surface area (Å²) >= 11 is 0. The fraction of sp³-hybridized carbons (Fsp3) is 0.600. The summed E-state index contributed by atoms with van der Waals surface area (Å²) in [6.07, 6.45) is 0. The monoisotopic (exact) mass is 345 g/mol. The highest BCUT2D eigenvalue weighted by Gasteiger charge is 2.29. The quantitative estimate of drug-likeness (QED) is 0.913. The number of nitrogens with zero attached hydrogens (tertiary/aromatic N) is 2. The summed E-state index contributed by atoms with van der Waals surface area (Å²) in [5.41, 5.74) is 1.46. The number of carbonyl (C=O) groups excluding carboxylic acids is 2. The Morgan fingerprint density at radius 3 is 2.08 bits per heavy atom. The van der Waals surface area contributed by atoms with Gasteiger partial charge in [0.1, 0.15) is 0 Å². The summed E-state index contributed by atoms with van der Waals surface area (Å²) in [4.78, 5) is 28.6. The molecule has 1 aromatic rings. The van der Waals surface area contributed by atoms with Gasteiger partial charge >= 0.3 is 0 Å². The van der Waals surface area contributed by atoms with Crippen molar-refractivity contribution in [1.29, 1.82) is 0 Å². The van der Waals surface area contributed by atoms with Crippen molar-refractivity contribution in [3.8, 4) is 0 Å². The lowest BCUT2D eigenvalue weighted by molar-refractivity contribution is -0.139. The SMILES string of the molecule is CC(C)CNC(=O)c1ccc(N2CCN(C(=O)C(C)(C)C)CC2)cc1. The lowest BCUT2D eigenvalue weighted by atomic mass is 9.94. The fourth-order valence-electron chi connectivity index (χ4n) is 2.86. The first-order valence-electron chi connectivity index (χ1n) is 9.11. The molecule has 1 aliphatic rings. The summed E-state index contributed by atoms with van der Waals surface area (Å²) in [6, 6.07) is 7.73. The maximum absolute atomic E-state index is 12.4. The number of hydrogen-bond donors (Lipinski definition) is 1. The Balaban J connectivity index is 1.91. The molecule has 1 N–H and O–H groups in total. The van der Waals surface area contributed by atoms with E-state index in [9.17, 15) is 9.59 Å². The van der Waals surface area contributed by atoms with Crippen LogP contribution in [0, 0.1) is 11.3 Å². The number of piperazine rings is 1. The second-order valence-corrected chi connectivity index (χ2v) is 8.18. The molecule has 0 radical (unpaired) electrons. The van der Waals surface area contributed by atoms with Crippen molar-refractivity contribution in [2.24, 2.45) is 11.3 Å². The highest BCUT2D eigenvalue weighted by Crippen LogP contribution is 2.21. The van der Waals surface area contributed by atoms with Crippen LogP contribution in [0.4, 0.5) is 5.69 Å². The third-order valence-electron chi connectivity index (χ3n) is 4.37. The molecule has 1 aliphatic heterocycles. The summed E-state index contributed by atoms with van der Waals surface area (Å²) < 4.78 is 0. The van der Waals surface area contributed by atoms with Crippen LogP contribution in [-0.4, -0.2) is 49.4 Å². The Morgan fingerprint density at radius 2 is 1.60 bits per heavy atom. The van der Waals surface area contributed by atoms with E-state index in [-0.39, 0.29) is 17.2 Å². The molecule has 0 unspecified atom stereocenters. The van der Waals surface area contributed by atoms with Gasteiger partial charge in [-0.05, 0) is 30.2 Å². The van der Waals surface area contributed by atoms with Crippen molar-refractivity contribution < 1.29 is 9.59 Å². The number of carbonyl (C=O) groups is 2. The average molecular weight is 345 g/mol. The molecule has 0 aliphatic carbocycles. The number of nitrogens with one attached hydrogen (secondary N) is 1. The summed E-state index contributed by atoms with van der Waals surface area (Å²) in [6.45, 7) is 13.9. The van der Waals surface area contributed by atoms with Crippen LogP contribution in [0.1, 0.15) is 45.0 Å². The molecule has 1 fully saturated rings. The molecule has 0 aromatic heterocycles. The van der Waals surface area contributed by atoms with Crippen molar-refractivity contribution in [3.05, 3.63) is 29.8 Å². The number of rotatable bonds is 4. The van der Waals surface area contributed by atoms with Crippen LogP contribution in [0.5, 0.6) is 0 Å². The normalized spacial score (nSPS) is 15.4. The van der Waals surface area contributed by atoms with Gasteiger partial charge < -0.3 is 15.1 Å². The van der Waals surface area contributed by atoms with Gasteiger partial charge in [0.15, 0.2) is 0 Å². The van der Waals surface area contributed by atoms with Gasteiger partial charge in [-0.1, -0.05) is 34.6 Å². The number of amides is 2. The number of hydrogen-bond acceptors (Lipinski definition) is 3. The Labute approximate surface area is 151 Å². The molecular weight excluding hydrogens is 314 g/mol. The minimum Gasteiger partial charge on any atom is -0.368 e. The maximum Gasteiger partial charge on any atom is 0.251 e. The van der Waals surface area contributed by atoms with E-state index >= 15 is 0 Å². The lowest BCUT2D eigenvalue weighted by Gasteiger charge is -2.38. The molecular formula is C20H31N3O2. The van der Waals surface area contributed by atoms with Crippen LogP contribution < -0.4 is 10.2 Å². The van der Waals surface area contributed by atoms with Crippen molar-refractivity contribution in [3.63, 3.8) is 0 Å². The number of anilines is 1. The van der Waals surface area contributed by atoms with Crippen LogP contribution >= 0.6 is 0 Å². The molecule has 1 aromatic carbocycles. The Hall–Kier alpha value is -2.04. The van der Waals surface area contributed by atoms with Crippen LogP contribution in [0.3, 0.4) is 0 Å². The maximum atomic E-state index is 12.4. The topological polar surface area (TPSA) is 52.7 Å². The van der Waals surface area contributed by atoms with Gasteiger partial charge in [0.2, 0.25) is 5.91 Å². The predicted octanol–water partition coefficient (Wildman–Crippen LogP) is 2.77. The first-order valence-corrected chi connectivity index (χ1v) is 9.11. The largest absolute Gasteiger partial charge is 0.368 e. The molecule has 5 nitrogen and oxygen atoms in total. The van der Waals surface area contributed by atoms with Crippen molar-refractivity contribution in [2.75, 3.05) is 37.6 Å². The Kier molecular flexibility index (Phi) is 6.09. The molecule has 1 heterocycles. The summed E-state index contributed by atoms with van der Waals surface area (Å²) in [5.74, 6) is 0.625. The van der Waals surface area contributed by atoms with Gasteiger partial charge in [-0.3, -0.25) is 9.59 Å². The van der Waals surface area contributed by atoms with Crippen LogP contribution in [0.15, 0.2) is 24.3 Å². The van der Waals surface area contributed by atoms with Gasteiger partial charge in [-0.25, -0.2) is 0 Å². The van der Waals surface area contributed by atoms with Gasteiger partial charge in [0, 0.05) is 49.4 Å². The van der Waals surface area contributed by atoms with Crippen LogP contribution in [0.2, 0.25) is 0 Å².